The quantitative estimate of drug-likeness (QED) is 0.799. The Morgan fingerprint density at radius 2 is 2.31 bits per heavy atom. The molecule has 0 amide bonds. The predicted octanol–water partition coefficient (Wildman–Crippen LogP) is 1.57. The first-order chi connectivity index (χ1) is 7.55. The van der Waals surface area contributed by atoms with E-state index in [4.69, 9.17) is 10.5 Å². The molecule has 96 valence electrons. The minimum atomic E-state index is 0.146. The summed E-state index contributed by atoms with van der Waals surface area (Å²) in [4.78, 5) is 2.47. The van der Waals surface area contributed by atoms with E-state index in [1.807, 2.05) is 11.8 Å². The Balaban J connectivity index is 2.70. The van der Waals surface area contributed by atoms with Gasteiger partial charge in [0.15, 0.2) is 0 Å². The summed E-state index contributed by atoms with van der Waals surface area (Å²) in [5, 5.41) is 0. The molecule has 3 atom stereocenters. The highest BCUT2D eigenvalue weighted by Crippen LogP contribution is 2.31. The third-order valence-electron chi connectivity index (χ3n) is 3.83. The summed E-state index contributed by atoms with van der Waals surface area (Å²) in [6.07, 6.45) is 4.61. The van der Waals surface area contributed by atoms with Crippen LogP contribution in [0.5, 0.6) is 0 Å². The van der Waals surface area contributed by atoms with Gasteiger partial charge in [-0.2, -0.15) is 11.8 Å². The first-order valence-corrected chi connectivity index (χ1v) is 7.48. The molecule has 1 saturated heterocycles. The van der Waals surface area contributed by atoms with E-state index in [1.165, 1.54) is 0 Å². The fourth-order valence-electron chi connectivity index (χ4n) is 2.62. The summed E-state index contributed by atoms with van der Waals surface area (Å²) < 4.78 is 5.64. The van der Waals surface area contributed by atoms with Crippen molar-refractivity contribution in [1.82, 2.24) is 4.90 Å². The number of nitrogens with zero attached hydrogens (tertiary/aromatic N) is 1. The molecule has 1 heterocycles. The van der Waals surface area contributed by atoms with Gasteiger partial charge in [0.1, 0.15) is 0 Å². The van der Waals surface area contributed by atoms with Crippen LogP contribution in [-0.2, 0) is 4.74 Å². The van der Waals surface area contributed by atoms with Crippen molar-refractivity contribution >= 4 is 11.8 Å². The van der Waals surface area contributed by atoms with Crippen LogP contribution < -0.4 is 5.73 Å². The van der Waals surface area contributed by atoms with Gasteiger partial charge in [-0.1, -0.05) is 0 Å². The number of likely N-dealkylation sites (N-methyl/N-ethyl adjacent to an activating group) is 1. The molecule has 1 aliphatic heterocycles. The molecule has 0 spiro atoms. The topological polar surface area (TPSA) is 38.5 Å². The van der Waals surface area contributed by atoms with Crippen LogP contribution in [0.1, 0.15) is 26.7 Å². The molecule has 1 fully saturated rings. The Bertz CT molecular complexity index is 215. The highest BCUT2D eigenvalue weighted by molar-refractivity contribution is 7.98. The summed E-state index contributed by atoms with van der Waals surface area (Å²) in [7, 11) is 2.21. The molecule has 16 heavy (non-hydrogen) atoms. The van der Waals surface area contributed by atoms with Crippen molar-refractivity contribution < 1.29 is 4.74 Å². The standard InChI is InChI=1S/C12H26N2OS/c1-10(8-16-4)14(3)12(9-13)5-6-15-11(2)7-12/h10-11H,5-9,13H2,1-4H3. The van der Waals surface area contributed by atoms with E-state index in [2.05, 4.69) is 32.1 Å². The van der Waals surface area contributed by atoms with Crippen LogP contribution in [0, 0.1) is 0 Å². The van der Waals surface area contributed by atoms with Crippen molar-refractivity contribution in [3.05, 3.63) is 0 Å². The maximum absolute atomic E-state index is 6.03. The molecule has 3 nitrogen and oxygen atoms in total. The normalized spacial score (nSPS) is 33.0. The Kier molecular flexibility index (Phi) is 5.57. The lowest BCUT2D eigenvalue weighted by Crippen LogP contribution is -2.59. The number of hydrogen-bond donors (Lipinski definition) is 1. The Morgan fingerprint density at radius 3 is 2.81 bits per heavy atom. The van der Waals surface area contributed by atoms with Crippen LogP contribution in [0.3, 0.4) is 0 Å². The summed E-state index contributed by atoms with van der Waals surface area (Å²) in [5.41, 5.74) is 6.18. The minimum absolute atomic E-state index is 0.146. The average molecular weight is 246 g/mol. The number of ether oxygens (including phenoxy) is 1. The van der Waals surface area contributed by atoms with E-state index >= 15 is 0 Å². The van der Waals surface area contributed by atoms with Crippen LogP contribution in [0.15, 0.2) is 0 Å². The van der Waals surface area contributed by atoms with Crippen molar-refractivity contribution in [1.29, 1.82) is 0 Å². The zero-order chi connectivity index (χ0) is 12.2. The third kappa shape index (κ3) is 3.13. The van der Waals surface area contributed by atoms with Gasteiger partial charge in [-0.05, 0) is 40.0 Å². The Labute approximate surface area is 104 Å². The van der Waals surface area contributed by atoms with Crippen molar-refractivity contribution in [2.75, 3.05) is 32.2 Å². The first-order valence-electron chi connectivity index (χ1n) is 6.09. The molecule has 0 aromatic carbocycles. The zero-order valence-corrected chi connectivity index (χ0v) is 11.8. The molecular weight excluding hydrogens is 220 g/mol. The number of hydrogen-bond acceptors (Lipinski definition) is 4. The monoisotopic (exact) mass is 246 g/mol. The van der Waals surface area contributed by atoms with Crippen molar-refractivity contribution in [3.8, 4) is 0 Å². The lowest BCUT2D eigenvalue weighted by atomic mass is 9.84. The largest absolute Gasteiger partial charge is 0.378 e. The Morgan fingerprint density at radius 1 is 1.62 bits per heavy atom. The smallest absolute Gasteiger partial charge is 0.0565 e. The van der Waals surface area contributed by atoms with Crippen LogP contribution in [0.2, 0.25) is 0 Å². The van der Waals surface area contributed by atoms with E-state index in [0.29, 0.717) is 12.1 Å². The summed E-state index contributed by atoms with van der Waals surface area (Å²) >= 11 is 1.90. The second-order valence-electron chi connectivity index (χ2n) is 4.98. The fourth-order valence-corrected chi connectivity index (χ4v) is 3.32. The molecule has 0 aromatic heterocycles. The molecule has 0 aromatic rings. The lowest BCUT2D eigenvalue weighted by molar-refractivity contribution is -0.0636. The minimum Gasteiger partial charge on any atom is -0.378 e. The zero-order valence-electron chi connectivity index (χ0n) is 11.0. The molecule has 1 rings (SSSR count). The van der Waals surface area contributed by atoms with Crippen molar-refractivity contribution in [3.63, 3.8) is 0 Å². The van der Waals surface area contributed by atoms with Crippen LogP contribution >= 0.6 is 11.8 Å². The van der Waals surface area contributed by atoms with Crippen molar-refractivity contribution in [2.24, 2.45) is 5.73 Å². The van der Waals surface area contributed by atoms with Gasteiger partial charge in [0.05, 0.1) is 6.10 Å². The Hall–Kier alpha value is 0.230. The van der Waals surface area contributed by atoms with Gasteiger partial charge in [-0.3, -0.25) is 4.90 Å². The van der Waals surface area contributed by atoms with Crippen LogP contribution in [0.4, 0.5) is 0 Å². The highest BCUT2D eigenvalue weighted by Gasteiger charge is 2.39. The summed E-state index contributed by atoms with van der Waals surface area (Å²) in [5.74, 6) is 1.16. The summed E-state index contributed by atoms with van der Waals surface area (Å²) in [6.45, 7) is 6.01. The molecule has 0 aliphatic carbocycles. The average Bonchev–Trinajstić information content (AvgIpc) is 2.28. The van der Waals surface area contributed by atoms with Gasteiger partial charge in [0.25, 0.3) is 0 Å². The van der Waals surface area contributed by atoms with E-state index in [1.54, 1.807) is 0 Å². The molecule has 3 unspecified atom stereocenters. The van der Waals surface area contributed by atoms with Gasteiger partial charge in [0.2, 0.25) is 0 Å². The number of rotatable bonds is 5. The lowest BCUT2D eigenvalue weighted by Gasteiger charge is -2.48. The van der Waals surface area contributed by atoms with E-state index < -0.39 is 0 Å². The van der Waals surface area contributed by atoms with Gasteiger partial charge < -0.3 is 10.5 Å². The predicted molar refractivity (Wildman–Crippen MR) is 72.0 cm³/mol. The molecule has 0 saturated carbocycles. The molecular formula is C12H26N2OS. The van der Waals surface area contributed by atoms with Crippen LogP contribution in [0.25, 0.3) is 0 Å². The number of nitrogens with two attached hydrogens (primary N) is 1. The van der Waals surface area contributed by atoms with E-state index in [0.717, 1.165) is 31.7 Å². The maximum Gasteiger partial charge on any atom is 0.0565 e. The molecule has 1 aliphatic rings. The van der Waals surface area contributed by atoms with Gasteiger partial charge in [-0.15, -0.1) is 0 Å². The second-order valence-corrected chi connectivity index (χ2v) is 5.89. The molecule has 0 bridgehead atoms. The SMILES string of the molecule is CSCC(C)N(C)C1(CN)CCOC(C)C1. The van der Waals surface area contributed by atoms with Gasteiger partial charge in [-0.25, -0.2) is 0 Å². The fraction of sp³-hybridized carbons (Fsp3) is 1.00. The first kappa shape index (κ1) is 14.3. The third-order valence-corrected chi connectivity index (χ3v) is 4.65. The molecule has 0 radical (unpaired) electrons. The molecule has 4 heteroatoms. The second kappa shape index (κ2) is 6.24. The number of thioether (sulfide) groups is 1. The summed E-state index contributed by atoms with van der Waals surface area (Å²) in [6, 6.07) is 0.573. The van der Waals surface area contributed by atoms with Gasteiger partial charge >= 0.3 is 0 Å². The van der Waals surface area contributed by atoms with E-state index in [9.17, 15) is 0 Å². The van der Waals surface area contributed by atoms with Crippen molar-refractivity contribution in [2.45, 2.75) is 44.4 Å². The maximum atomic E-state index is 6.03. The molecule has 2 N–H and O–H groups in total. The highest BCUT2D eigenvalue weighted by atomic mass is 32.2. The van der Waals surface area contributed by atoms with Crippen LogP contribution in [-0.4, -0.2) is 54.8 Å². The van der Waals surface area contributed by atoms with Gasteiger partial charge in [0, 0.05) is 30.5 Å². The van der Waals surface area contributed by atoms with E-state index in [-0.39, 0.29) is 5.54 Å².